The average molecular weight is 278 g/mol. The molecule has 4 nitrogen and oxygen atoms in total. The predicted octanol–water partition coefficient (Wildman–Crippen LogP) is 2.21. The summed E-state index contributed by atoms with van der Waals surface area (Å²) in [5.41, 5.74) is 2.57. The van der Waals surface area contributed by atoms with Gasteiger partial charge in [0.25, 0.3) is 0 Å². The Balaban J connectivity index is 2.07. The van der Waals surface area contributed by atoms with E-state index in [2.05, 4.69) is 41.4 Å². The predicted molar refractivity (Wildman–Crippen MR) is 82.3 cm³/mol. The second kappa shape index (κ2) is 7.07. The molecule has 1 aliphatic heterocycles. The second-order valence-corrected chi connectivity index (χ2v) is 5.29. The molecule has 4 heteroatoms. The molecule has 20 heavy (non-hydrogen) atoms. The van der Waals surface area contributed by atoms with Crippen LogP contribution in [0.4, 0.5) is 5.69 Å². The Morgan fingerprint density at radius 1 is 1.15 bits per heavy atom. The van der Waals surface area contributed by atoms with Crippen LogP contribution in [0.3, 0.4) is 0 Å². The summed E-state index contributed by atoms with van der Waals surface area (Å²) in [5, 5.41) is 3.34. The standard InChI is InChI=1S/C16H26N2O2/c1-5-14(17-2)12-6-8-13(9-7-12)18-10-15(19-3)16(11-18)20-4/h6-9,14-17H,5,10-11H2,1-4H3. The van der Waals surface area contributed by atoms with Crippen LogP contribution in [0.2, 0.25) is 0 Å². The van der Waals surface area contributed by atoms with Crippen molar-refractivity contribution >= 4 is 5.69 Å². The molecule has 1 saturated heterocycles. The molecule has 1 N–H and O–H groups in total. The molecule has 0 aliphatic carbocycles. The van der Waals surface area contributed by atoms with Crippen LogP contribution in [0.25, 0.3) is 0 Å². The fourth-order valence-electron chi connectivity index (χ4n) is 2.93. The third-order valence-electron chi connectivity index (χ3n) is 4.24. The number of rotatable bonds is 6. The lowest BCUT2D eigenvalue weighted by Crippen LogP contribution is -2.27. The van der Waals surface area contributed by atoms with Gasteiger partial charge in [-0.15, -0.1) is 0 Å². The van der Waals surface area contributed by atoms with Gasteiger partial charge in [-0.3, -0.25) is 0 Å². The number of nitrogens with zero attached hydrogens (tertiary/aromatic N) is 1. The smallest absolute Gasteiger partial charge is 0.102 e. The number of ether oxygens (including phenoxy) is 2. The van der Waals surface area contributed by atoms with E-state index in [0.717, 1.165) is 19.5 Å². The fraction of sp³-hybridized carbons (Fsp3) is 0.625. The number of methoxy groups -OCH3 is 2. The number of hydrogen-bond donors (Lipinski definition) is 1. The van der Waals surface area contributed by atoms with Gasteiger partial charge < -0.3 is 19.7 Å². The average Bonchev–Trinajstić information content (AvgIpc) is 2.92. The maximum atomic E-state index is 5.49. The van der Waals surface area contributed by atoms with Gasteiger partial charge in [0.1, 0.15) is 12.2 Å². The lowest BCUT2D eigenvalue weighted by molar-refractivity contribution is -0.00461. The summed E-state index contributed by atoms with van der Waals surface area (Å²) in [5.74, 6) is 0. The van der Waals surface area contributed by atoms with Crippen LogP contribution in [0.1, 0.15) is 24.9 Å². The van der Waals surface area contributed by atoms with E-state index in [1.165, 1.54) is 11.3 Å². The van der Waals surface area contributed by atoms with Gasteiger partial charge in [-0.1, -0.05) is 19.1 Å². The van der Waals surface area contributed by atoms with Gasteiger partial charge in [0.2, 0.25) is 0 Å². The van der Waals surface area contributed by atoms with Crippen molar-refractivity contribution in [2.24, 2.45) is 0 Å². The first-order valence-corrected chi connectivity index (χ1v) is 7.31. The van der Waals surface area contributed by atoms with Gasteiger partial charge in [0.15, 0.2) is 0 Å². The first-order valence-electron chi connectivity index (χ1n) is 7.31. The van der Waals surface area contributed by atoms with E-state index in [9.17, 15) is 0 Å². The highest BCUT2D eigenvalue weighted by molar-refractivity contribution is 5.49. The zero-order valence-corrected chi connectivity index (χ0v) is 12.9. The molecule has 0 amide bonds. The maximum absolute atomic E-state index is 5.49. The third-order valence-corrected chi connectivity index (χ3v) is 4.24. The molecular weight excluding hydrogens is 252 g/mol. The quantitative estimate of drug-likeness (QED) is 0.865. The lowest BCUT2D eigenvalue weighted by atomic mass is 10.0. The second-order valence-electron chi connectivity index (χ2n) is 5.29. The first-order chi connectivity index (χ1) is 9.73. The largest absolute Gasteiger partial charge is 0.377 e. The van der Waals surface area contributed by atoms with Crippen LogP contribution in [-0.2, 0) is 9.47 Å². The lowest BCUT2D eigenvalue weighted by Gasteiger charge is -2.20. The summed E-state index contributed by atoms with van der Waals surface area (Å²) in [4.78, 5) is 2.33. The number of hydrogen-bond acceptors (Lipinski definition) is 4. The Labute approximate surface area is 122 Å². The molecule has 2 rings (SSSR count). The Hall–Kier alpha value is -1.10. The summed E-state index contributed by atoms with van der Waals surface area (Å²) >= 11 is 0. The van der Waals surface area contributed by atoms with Crippen molar-refractivity contribution < 1.29 is 9.47 Å². The van der Waals surface area contributed by atoms with E-state index in [0.29, 0.717) is 6.04 Å². The molecule has 3 atom stereocenters. The molecule has 0 radical (unpaired) electrons. The van der Waals surface area contributed by atoms with Gasteiger partial charge in [0, 0.05) is 39.0 Å². The zero-order valence-electron chi connectivity index (χ0n) is 12.9. The van der Waals surface area contributed by atoms with Crippen LogP contribution in [-0.4, -0.2) is 46.6 Å². The minimum Gasteiger partial charge on any atom is -0.377 e. The third kappa shape index (κ3) is 3.14. The van der Waals surface area contributed by atoms with E-state index in [1.807, 2.05) is 7.05 Å². The normalized spacial score (nSPS) is 24.1. The number of nitrogens with one attached hydrogen (secondary N) is 1. The molecule has 1 aromatic rings. The van der Waals surface area contributed by atoms with Crippen molar-refractivity contribution in [2.45, 2.75) is 31.6 Å². The molecule has 0 aromatic heterocycles. The summed E-state index contributed by atoms with van der Waals surface area (Å²) in [7, 11) is 5.51. The summed E-state index contributed by atoms with van der Waals surface area (Å²) in [6, 6.07) is 9.24. The molecule has 1 fully saturated rings. The summed E-state index contributed by atoms with van der Waals surface area (Å²) < 4.78 is 11.0. The van der Waals surface area contributed by atoms with Crippen molar-refractivity contribution in [3.8, 4) is 0 Å². The zero-order chi connectivity index (χ0) is 14.5. The van der Waals surface area contributed by atoms with Crippen LogP contribution >= 0.6 is 0 Å². The van der Waals surface area contributed by atoms with E-state index < -0.39 is 0 Å². The minimum atomic E-state index is 0.153. The van der Waals surface area contributed by atoms with Crippen molar-refractivity contribution in [3.63, 3.8) is 0 Å². The highest BCUT2D eigenvalue weighted by atomic mass is 16.5. The Bertz CT molecular complexity index is 391. The van der Waals surface area contributed by atoms with Gasteiger partial charge in [-0.05, 0) is 31.2 Å². The summed E-state index contributed by atoms with van der Waals surface area (Å²) in [6.45, 7) is 3.97. The molecule has 1 aromatic carbocycles. The summed E-state index contributed by atoms with van der Waals surface area (Å²) in [6.07, 6.45) is 1.40. The Kier molecular flexibility index (Phi) is 5.40. The first kappa shape index (κ1) is 15.3. The number of benzene rings is 1. The molecular formula is C16H26N2O2. The maximum Gasteiger partial charge on any atom is 0.102 e. The molecule has 112 valence electrons. The van der Waals surface area contributed by atoms with Crippen molar-refractivity contribution in [1.29, 1.82) is 0 Å². The van der Waals surface area contributed by atoms with E-state index in [-0.39, 0.29) is 12.2 Å². The van der Waals surface area contributed by atoms with Gasteiger partial charge >= 0.3 is 0 Å². The highest BCUT2D eigenvalue weighted by Crippen LogP contribution is 2.25. The number of anilines is 1. The fourth-order valence-corrected chi connectivity index (χ4v) is 2.93. The van der Waals surface area contributed by atoms with Crippen LogP contribution in [0.5, 0.6) is 0 Å². The SMILES string of the molecule is CCC(NC)c1ccc(N2CC(OC)C(OC)C2)cc1. The van der Waals surface area contributed by atoms with Crippen LogP contribution < -0.4 is 10.2 Å². The topological polar surface area (TPSA) is 33.7 Å². The van der Waals surface area contributed by atoms with E-state index >= 15 is 0 Å². The molecule has 3 unspecified atom stereocenters. The molecule has 0 spiro atoms. The van der Waals surface area contributed by atoms with Gasteiger partial charge in [-0.25, -0.2) is 0 Å². The molecule has 1 aliphatic rings. The van der Waals surface area contributed by atoms with Crippen LogP contribution in [0, 0.1) is 0 Å². The van der Waals surface area contributed by atoms with Crippen molar-refractivity contribution in [1.82, 2.24) is 5.32 Å². The highest BCUT2D eigenvalue weighted by Gasteiger charge is 2.32. The van der Waals surface area contributed by atoms with E-state index in [1.54, 1.807) is 14.2 Å². The Morgan fingerprint density at radius 2 is 1.70 bits per heavy atom. The molecule has 0 saturated carbocycles. The van der Waals surface area contributed by atoms with Crippen molar-refractivity contribution in [2.75, 3.05) is 39.3 Å². The van der Waals surface area contributed by atoms with Gasteiger partial charge in [0.05, 0.1) is 0 Å². The minimum absolute atomic E-state index is 0.153. The van der Waals surface area contributed by atoms with E-state index in [4.69, 9.17) is 9.47 Å². The van der Waals surface area contributed by atoms with Crippen molar-refractivity contribution in [3.05, 3.63) is 29.8 Å². The van der Waals surface area contributed by atoms with Gasteiger partial charge in [-0.2, -0.15) is 0 Å². The molecule has 1 heterocycles. The van der Waals surface area contributed by atoms with Crippen LogP contribution in [0.15, 0.2) is 24.3 Å². The molecule has 0 bridgehead atoms. The Morgan fingerprint density at radius 3 is 2.10 bits per heavy atom. The monoisotopic (exact) mass is 278 g/mol.